The fraction of sp³-hybridized carbons (Fsp3) is 0.118. The molecule has 1 aromatic heterocycles. The average Bonchev–Trinajstić information content (AvgIpc) is 2.98. The molecule has 0 saturated carbocycles. The monoisotopic (exact) mass is 341 g/mol. The summed E-state index contributed by atoms with van der Waals surface area (Å²) < 4.78 is 1.40. The standard InChI is InChI=1S/C17H16ClN5O/c1-11(12-5-3-2-4-6-12)20-17(24)15-16(19)23(22-21-15)14-9-7-13(18)8-10-14/h2-11H,19H2,1H3,(H,20,24)/t11-/m1/s1. The van der Waals surface area contributed by atoms with Crippen molar-refractivity contribution in [2.24, 2.45) is 0 Å². The molecule has 0 bridgehead atoms. The Bertz CT molecular complexity index is 845. The van der Waals surface area contributed by atoms with Gasteiger partial charge in [-0.15, -0.1) is 5.10 Å². The van der Waals surface area contributed by atoms with Crippen LogP contribution in [0.1, 0.15) is 29.0 Å². The number of rotatable bonds is 4. The lowest BCUT2D eigenvalue weighted by atomic mass is 10.1. The molecule has 0 radical (unpaired) electrons. The molecule has 0 aliphatic heterocycles. The zero-order valence-electron chi connectivity index (χ0n) is 13.0. The zero-order valence-corrected chi connectivity index (χ0v) is 13.7. The van der Waals surface area contributed by atoms with Crippen LogP contribution in [0, 0.1) is 0 Å². The quantitative estimate of drug-likeness (QED) is 0.763. The lowest BCUT2D eigenvalue weighted by molar-refractivity contribution is 0.0935. The van der Waals surface area contributed by atoms with Gasteiger partial charge in [-0.1, -0.05) is 47.1 Å². The molecular formula is C17H16ClN5O. The van der Waals surface area contributed by atoms with E-state index >= 15 is 0 Å². The van der Waals surface area contributed by atoms with Crippen molar-refractivity contribution in [3.8, 4) is 5.69 Å². The van der Waals surface area contributed by atoms with Gasteiger partial charge in [0.2, 0.25) is 0 Å². The van der Waals surface area contributed by atoms with Gasteiger partial charge in [0.1, 0.15) is 0 Å². The first-order valence-corrected chi connectivity index (χ1v) is 7.77. The molecule has 1 atom stereocenters. The molecule has 6 nitrogen and oxygen atoms in total. The Morgan fingerprint density at radius 2 is 1.83 bits per heavy atom. The number of nitrogens with two attached hydrogens (primary N) is 1. The zero-order chi connectivity index (χ0) is 17.1. The second kappa shape index (κ2) is 6.72. The number of benzene rings is 2. The lowest BCUT2D eigenvalue weighted by Crippen LogP contribution is -2.27. The lowest BCUT2D eigenvalue weighted by Gasteiger charge is -2.13. The SMILES string of the molecule is C[C@@H](NC(=O)c1nnn(-c2ccc(Cl)cc2)c1N)c1ccccc1. The number of aromatic nitrogens is 3. The molecule has 0 aliphatic carbocycles. The highest BCUT2D eigenvalue weighted by molar-refractivity contribution is 6.30. The number of hydrogen-bond acceptors (Lipinski definition) is 4. The Kier molecular flexibility index (Phi) is 4.48. The minimum atomic E-state index is -0.371. The summed E-state index contributed by atoms with van der Waals surface area (Å²) in [4.78, 5) is 12.4. The number of carbonyl (C=O) groups excluding carboxylic acids is 1. The summed E-state index contributed by atoms with van der Waals surface area (Å²) in [7, 11) is 0. The van der Waals surface area contributed by atoms with Crippen LogP contribution in [0.2, 0.25) is 5.02 Å². The van der Waals surface area contributed by atoms with Gasteiger partial charge in [0, 0.05) is 5.02 Å². The molecule has 0 saturated heterocycles. The Morgan fingerprint density at radius 1 is 1.17 bits per heavy atom. The van der Waals surface area contributed by atoms with Gasteiger partial charge < -0.3 is 11.1 Å². The largest absolute Gasteiger partial charge is 0.382 e. The van der Waals surface area contributed by atoms with Gasteiger partial charge in [-0.3, -0.25) is 4.79 Å². The van der Waals surface area contributed by atoms with Gasteiger partial charge >= 0.3 is 0 Å². The summed E-state index contributed by atoms with van der Waals surface area (Å²) in [5.41, 5.74) is 7.80. The molecule has 0 fully saturated rings. The number of hydrogen-bond donors (Lipinski definition) is 2. The number of anilines is 1. The summed E-state index contributed by atoms with van der Waals surface area (Å²) >= 11 is 5.87. The Labute approximate surface area is 144 Å². The number of nitrogen functional groups attached to an aromatic ring is 1. The Balaban J connectivity index is 1.80. The topological polar surface area (TPSA) is 85.8 Å². The second-order valence-electron chi connectivity index (χ2n) is 5.32. The van der Waals surface area contributed by atoms with E-state index in [2.05, 4.69) is 15.6 Å². The summed E-state index contributed by atoms with van der Waals surface area (Å²) in [5.74, 6) is -0.195. The van der Waals surface area contributed by atoms with E-state index in [-0.39, 0.29) is 23.5 Å². The van der Waals surface area contributed by atoms with E-state index in [0.717, 1.165) is 5.56 Å². The number of nitrogens with zero attached hydrogens (tertiary/aromatic N) is 3. The van der Waals surface area contributed by atoms with Gasteiger partial charge in [0.05, 0.1) is 11.7 Å². The molecule has 1 amide bonds. The van der Waals surface area contributed by atoms with Crippen LogP contribution in [-0.4, -0.2) is 20.9 Å². The van der Waals surface area contributed by atoms with Crippen LogP contribution < -0.4 is 11.1 Å². The molecule has 1 heterocycles. The number of halogens is 1. The molecule has 0 aliphatic rings. The van der Waals surface area contributed by atoms with E-state index in [1.807, 2.05) is 37.3 Å². The van der Waals surface area contributed by atoms with Gasteiger partial charge in [-0.2, -0.15) is 4.68 Å². The molecule has 24 heavy (non-hydrogen) atoms. The van der Waals surface area contributed by atoms with Crippen molar-refractivity contribution in [1.29, 1.82) is 0 Å². The molecular weight excluding hydrogens is 326 g/mol. The third-order valence-electron chi connectivity index (χ3n) is 3.64. The van der Waals surface area contributed by atoms with Crippen molar-refractivity contribution in [3.05, 3.63) is 70.9 Å². The second-order valence-corrected chi connectivity index (χ2v) is 5.75. The maximum atomic E-state index is 12.4. The first-order chi connectivity index (χ1) is 11.6. The highest BCUT2D eigenvalue weighted by Gasteiger charge is 2.20. The van der Waals surface area contributed by atoms with Crippen molar-refractivity contribution in [2.75, 3.05) is 5.73 Å². The maximum absolute atomic E-state index is 12.4. The number of amides is 1. The highest BCUT2D eigenvalue weighted by atomic mass is 35.5. The van der Waals surface area contributed by atoms with Crippen LogP contribution in [0.4, 0.5) is 5.82 Å². The minimum absolute atomic E-state index is 0.0905. The first-order valence-electron chi connectivity index (χ1n) is 7.39. The van der Waals surface area contributed by atoms with E-state index in [9.17, 15) is 4.79 Å². The molecule has 0 unspecified atom stereocenters. The van der Waals surface area contributed by atoms with Gasteiger partial charge in [0.15, 0.2) is 11.5 Å². The predicted octanol–water partition coefficient (Wildman–Crippen LogP) is 2.99. The Hall–Kier alpha value is -2.86. The normalized spacial score (nSPS) is 11.9. The van der Waals surface area contributed by atoms with Crippen LogP contribution in [0.5, 0.6) is 0 Å². The third kappa shape index (κ3) is 3.23. The maximum Gasteiger partial charge on any atom is 0.276 e. The molecule has 3 N–H and O–H groups in total. The van der Waals surface area contributed by atoms with Crippen molar-refractivity contribution in [2.45, 2.75) is 13.0 Å². The summed E-state index contributed by atoms with van der Waals surface area (Å²) in [6, 6.07) is 16.4. The van der Waals surface area contributed by atoms with Crippen LogP contribution in [0.3, 0.4) is 0 Å². The molecule has 7 heteroatoms. The number of nitrogens with one attached hydrogen (secondary N) is 1. The summed E-state index contributed by atoms with van der Waals surface area (Å²) in [6.07, 6.45) is 0. The van der Waals surface area contributed by atoms with Crippen LogP contribution >= 0.6 is 11.6 Å². The fourth-order valence-electron chi connectivity index (χ4n) is 2.31. The van der Waals surface area contributed by atoms with E-state index in [0.29, 0.717) is 10.7 Å². The molecule has 122 valence electrons. The molecule has 2 aromatic carbocycles. The predicted molar refractivity (Wildman–Crippen MR) is 93.1 cm³/mol. The third-order valence-corrected chi connectivity index (χ3v) is 3.89. The first kappa shape index (κ1) is 16.0. The van der Waals surface area contributed by atoms with Gasteiger partial charge in [-0.25, -0.2) is 0 Å². The molecule has 0 spiro atoms. The van der Waals surface area contributed by atoms with Crippen molar-refractivity contribution >= 4 is 23.3 Å². The van der Waals surface area contributed by atoms with Crippen molar-refractivity contribution in [3.63, 3.8) is 0 Å². The van der Waals surface area contributed by atoms with Gasteiger partial charge in [0.25, 0.3) is 5.91 Å². The van der Waals surface area contributed by atoms with Crippen molar-refractivity contribution < 1.29 is 4.79 Å². The Morgan fingerprint density at radius 3 is 2.50 bits per heavy atom. The molecule has 3 rings (SSSR count). The average molecular weight is 342 g/mol. The highest BCUT2D eigenvalue weighted by Crippen LogP contribution is 2.18. The van der Waals surface area contributed by atoms with E-state index in [4.69, 9.17) is 17.3 Å². The van der Waals surface area contributed by atoms with E-state index in [1.54, 1.807) is 24.3 Å². The summed E-state index contributed by atoms with van der Waals surface area (Å²) in [5, 5.41) is 11.3. The fourth-order valence-corrected chi connectivity index (χ4v) is 2.44. The molecule has 3 aromatic rings. The number of carbonyl (C=O) groups is 1. The van der Waals surface area contributed by atoms with Crippen LogP contribution in [0.15, 0.2) is 54.6 Å². The van der Waals surface area contributed by atoms with E-state index < -0.39 is 0 Å². The smallest absolute Gasteiger partial charge is 0.276 e. The summed E-state index contributed by atoms with van der Waals surface area (Å²) in [6.45, 7) is 1.90. The van der Waals surface area contributed by atoms with Gasteiger partial charge in [-0.05, 0) is 36.8 Å². The van der Waals surface area contributed by atoms with Crippen LogP contribution in [-0.2, 0) is 0 Å². The van der Waals surface area contributed by atoms with E-state index in [1.165, 1.54) is 4.68 Å². The minimum Gasteiger partial charge on any atom is -0.382 e. The van der Waals surface area contributed by atoms with Crippen LogP contribution in [0.25, 0.3) is 5.69 Å². The van der Waals surface area contributed by atoms with Crippen molar-refractivity contribution in [1.82, 2.24) is 20.3 Å².